The fraction of sp³-hybridized carbons (Fsp3) is 0.467. The Labute approximate surface area is 133 Å². The predicted molar refractivity (Wildman–Crippen MR) is 81.7 cm³/mol. The van der Waals surface area contributed by atoms with Gasteiger partial charge in [0.25, 0.3) is 5.56 Å². The van der Waals surface area contributed by atoms with Crippen LogP contribution in [0.25, 0.3) is 0 Å². The average Bonchev–Trinajstić information content (AvgIpc) is 2.92. The molecule has 0 aromatic carbocycles. The number of amides is 1. The molecule has 1 amide bonds. The number of ether oxygens (including phenoxy) is 1. The number of hydrogen-bond donors (Lipinski definition) is 1. The number of aromatic nitrogens is 4. The van der Waals surface area contributed by atoms with E-state index in [-0.39, 0.29) is 23.9 Å². The highest BCUT2D eigenvalue weighted by atomic mass is 16.5. The van der Waals surface area contributed by atoms with E-state index < -0.39 is 0 Å². The molecule has 1 atom stereocenters. The Kier molecular flexibility index (Phi) is 4.82. The fourth-order valence-corrected chi connectivity index (χ4v) is 2.68. The topological polar surface area (TPSA) is 93.1 Å². The van der Waals surface area contributed by atoms with Crippen LogP contribution >= 0.6 is 0 Å². The predicted octanol–water partition coefficient (Wildman–Crippen LogP) is -0.316. The van der Waals surface area contributed by atoms with Crippen LogP contribution < -0.4 is 5.56 Å². The number of H-pyrrole nitrogens is 1. The molecule has 0 bridgehead atoms. The number of rotatable bonds is 4. The molecule has 1 saturated heterocycles. The summed E-state index contributed by atoms with van der Waals surface area (Å²) in [6, 6.07) is 3.28. The van der Waals surface area contributed by atoms with Crippen LogP contribution in [0.15, 0.2) is 35.6 Å². The largest absolute Gasteiger partial charge is 0.379 e. The third-order valence-electron chi connectivity index (χ3n) is 3.78. The highest BCUT2D eigenvalue weighted by molar-refractivity contribution is 5.75. The lowest BCUT2D eigenvalue weighted by Gasteiger charge is -2.23. The molecule has 0 spiro atoms. The highest BCUT2D eigenvalue weighted by Crippen LogP contribution is 2.12. The number of hydrogen-bond acceptors (Lipinski definition) is 5. The van der Waals surface area contributed by atoms with Crippen LogP contribution in [-0.4, -0.2) is 56.9 Å². The molecule has 1 N–H and O–H groups in total. The van der Waals surface area contributed by atoms with Gasteiger partial charge in [-0.1, -0.05) is 0 Å². The zero-order valence-electron chi connectivity index (χ0n) is 12.7. The normalized spacial score (nSPS) is 18.6. The van der Waals surface area contributed by atoms with Crippen molar-refractivity contribution in [1.29, 1.82) is 0 Å². The van der Waals surface area contributed by atoms with E-state index in [4.69, 9.17) is 4.74 Å². The molecule has 23 heavy (non-hydrogen) atoms. The van der Waals surface area contributed by atoms with Gasteiger partial charge in [-0.25, -0.2) is 4.98 Å². The van der Waals surface area contributed by atoms with Crippen LogP contribution in [0.4, 0.5) is 0 Å². The first kappa shape index (κ1) is 15.4. The molecule has 3 rings (SSSR count). The van der Waals surface area contributed by atoms with Crippen molar-refractivity contribution in [3.05, 3.63) is 46.9 Å². The highest BCUT2D eigenvalue weighted by Gasteiger charge is 2.23. The minimum atomic E-state index is -0.170. The van der Waals surface area contributed by atoms with Gasteiger partial charge in [0.2, 0.25) is 5.91 Å². The minimum absolute atomic E-state index is 0.0167. The summed E-state index contributed by atoms with van der Waals surface area (Å²) in [6.07, 6.45) is 5.43. The molecular formula is C15H19N5O3. The molecule has 1 fully saturated rings. The van der Waals surface area contributed by atoms with Gasteiger partial charge in [-0.15, -0.1) is 0 Å². The van der Waals surface area contributed by atoms with Crippen molar-refractivity contribution in [2.75, 3.05) is 26.3 Å². The second kappa shape index (κ2) is 7.19. The summed E-state index contributed by atoms with van der Waals surface area (Å²) < 4.78 is 7.21. The zero-order valence-corrected chi connectivity index (χ0v) is 12.7. The van der Waals surface area contributed by atoms with Crippen molar-refractivity contribution in [2.24, 2.45) is 5.92 Å². The minimum Gasteiger partial charge on any atom is -0.379 e. The van der Waals surface area contributed by atoms with E-state index in [2.05, 4.69) is 15.1 Å². The van der Waals surface area contributed by atoms with E-state index in [1.54, 1.807) is 28.0 Å². The van der Waals surface area contributed by atoms with Crippen molar-refractivity contribution in [2.45, 2.75) is 13.0 Å². The Morgan fingerprint density at radius 3 is 3.17 bits per heavy atom. The van der Waals surface area contributed by atoms with Crippen LogP contribution in [0.1, 0.15) is 5.69 Å². The summed E-state index contributed by atoms with van der Waals surface area (Å²) in [6.45, 7) is 2.46. The third kappa shape index (κ3) is 4.26. The molecule has 1 aliphatic rings. The van der Waals surface area contributed by atoms with Gasteiger partial charge < -0.3 is 14.6 Å². The number of aromatic amines is 1. The molecule has 8 heteroatoms. The lowest BCUT2D eigenvalue weighted by Crippen LogP contribution is -2.38. The van der Waals surface area contributed by atoms with Crippen molar-refractivity contribution < 1.29 is 9.53 Å². The Balaban J connectivity index is 1.63. The summed E-state index contributed by atoms with van der Waals surface area (Å²) in [5.41, 5.74) is 0.542. The third-order valence-corrected chi connectivity index (χ3v) is 3.78. The van der Waals surface area contributed by atoms with Crippen molar-refractivity contribution >= 4 is 5.91 Å². The van der Waals surface area contributed by atoms with Gasteiger partial charge in [0.05, 0.1) is 19.5 Å². The second-order valence-electron chi connectivity index (χ2n) is 5.59. The van der Waals surface area contributed by atoms with Crippen LogP contribution in [0.3, 0.4) is 0 Å². The van der Waals surface area contributed by atoms with Crippen LogP contribution in [-0.2, 0) is 22.5 Å². The van der Waals surface area contributed by atoms with Gasteiger partial charge in [0.1, 0.15) is 6.54 Å². The Morgan fingerprint density at radius 2 is 2.39 bits per heavy atom. The van der Waals surface area contributed by atoms with E-state index in [9.17, 15) is 9.59 Å². The van der Waals surface area contributed by atoms with E-state index in [1.165, 1.54) is 12.4 Å². The first-order chi connectivity index (χ1) is 11.2. The smallest absolute Gasteiger partial charge is 0.250 e. The Morgan fingerprint density at radius 1 is 1.48 bits per heavy atom. The monoisotopic (exact) mass is 317 g/mol. The van der Waals surface area contributed by atoms with Crippen LogP contribution in [0, 0.1) is 5.92 Å². The quantitative estimate of drug-likeness (QED) is 0.834. The first-order valence-corrected chi connectivity index (χ1v) is 7.57. The molecule has 2 aromatic rings. The number of nitrogens with zero attached hydrogens (tertiary/aromatic N) is 4. The summed E-state index contributed by atoms with van der Waals surface area (Å²) in [5.74, 6) is 0.136. The van der Waals surface area contributed by atoms with E-state index in [0.717, 1.165) is 0 Å². The molecule has 122 valence electrons. The molecule has 3 heterocycles. The van der Waals surface area contributed by atoms with Crippen molar-refractivity contribution in [1.82, 2.24) is 24.6 Å². The number of carbonyl (C=O) groups is 1. The molecule has 0 unspecified atom stereocenters. The van der Waals surface area contributed by atoms with E-state index in [0.29, 0.717) is 38.4 Å². The van der Waals surface area contributed by atoms with Gasteiger partial charge in [0.15, 0.2) is 0 Å². The standard InChI is InChI=1S/C15H19N5O3/c21-14-7-13(16-11-17-14)6-12-8-19(4-5-23-10-12)15(22)9-20-3-1-2-18-20/h1-3,7,11-12H,4-6,8-10H2,(H,16,17,21)/t12-/m1/s1. The maximum absolute atomic E-state index is 12.4. The van der Waals surface area contributed by atoms with Crippen molar-refractivity contribution in [3.8, 4) is 0 Å². The summed E-state index contributed by atoms with van der Waals surface area (Å²) in [7, 11) is 0. The molecule has 8 nitrogen and oxygen atoms in total. The SMILES string of the molecule is O=C(Cn1cccn1)N1CCOC[C@H](Cc2cc(=O)[nH]cn2)C1. The number of nitrogens with one attached hydrogen (secondary N) is 1. The Hall–Kier alpha value is -2.48. The fourth-order valence-electron chi connectivity index (χ4n) is 2.68. The molecular weight excluding hydrogens is 298 g/mol. The Bertz CT molecular complexity index is 697. The summed E-state index contributed by atoms with van der Waals surface area (Å²) >= 11 is 0. The summed E-state index contributed by atoms with van der Waals surface area (Å²) in [5, 5.41) is 4.06. The van der Waals surface area contributed by atoms with Crippen molar-refractivity contribution in [3.63, 3.8) is 0 Å². The lowest BCUT2D eigenvalue weighted by atomic mass is 10.0. The molecule has 2 aromatic heterocycles. The van der Waals surface area contributed by atoms with E-state index >= 15 is 0 Å². The maximum Gasteiger partial charge on any atom is 0.250 e. The summed E-state index contributed by atoms with van der Waals surface area (Å²) in [4.78, 5) is 32.2. The molecule has 1 aliphatic heterocycles. The zero-order chi connectivity index (χ0) is 16.1. The maximum atomic E-state index is 12.4. The van der Waals surface area contributed by atoms with Gasteiger partial charge in [-0.05, 0) is 12.5 Å². The van der Waals surface area contributed by atoms with Gasteiger partial charge in [-0.2, -0.15) is 5.10 Å². The van der Waals surface area contributed by atoms with E-state index in [1.807, 2.05) is 0 Å². The van der Waals surface area contributed by atoms with Gasteiger partial charge in [-0.3, -0.25) is 14.3 Å². The van der Waals surface area contributed by atoms with Gasteiger partial charge >= 0.3 is 0 Å². The van der Waals surface area contributed by atoms with Crippen LogP contribution in [0.2, 0.25) is 0 Å². The molecule has 0 saturated carbocycles. The second-order valence-corrected chi connectivity index (χ2v) is 5.59. The van der Waals surface area contributed by atoms with Crippen LogP contribution in [0.5, 0.6) is 0 Å². The number of carbonyl (C=O) groups excluding carboxylic acids is 1. The molecule has 0 radical (unpaired) electrons. The first-order valence-electron chi connectivity index (χ1n) is 7.57. The lowest BCUT2D eigenvalue weighted by molar-refractivity contribution is -0.132. The average molecular weight is 317 g/mol. The molecule has 0 aliphatic carbocycles. The van der Waals surface area contributed by atoms with Gasteiger partial charge in [0, 0.05) is 43.2 Å².